The number of benzene rings is 1. The Kier molecular flexibility index (Phi) is 2.49. The summed E-state index contributed by atoms with van der Waals surface area (Å²) in [6.45, 7) is 6.30. The third kappa shape index (κ3) is 1.94. The van der Waals surface area contributed by atoms with E-state index >= 15 is 0 Å². The smallest absolute Gasteiger partial charge is 0.225 e. The Hall–Kier alpha value is -1.38. The van der Waals surface area contributed by atoms with Crippen LogP contribution in [0, 0.1) is 11.2 Å². The third-order valence-electron chi connectivity index (χ3n) is 3.10. The second-order valence-corrected chi connectivity index (χ2v) is 5.40. The number of anilines is 1. The summed E-state index contributed by atoms with van der Waals surface area (Å²) in [5.41, 5.74) is 1.66. The van der Waals surface area contributed by atoms with Crippen LogP contribution in [0.4, 0.5) is 10.1 Å². The quantitative estimate of drug-likeness (QED) is 0.715. The minimum absolute atomic E-state index is 0.00431. The monoisotopic (exact) mass is 221 g/mol. The highest BCUT2D eigenvalue weighted by atomic mass is 19.1. The van der Waals surface area contributed by atoms with Crippen LogP contribution in [0.3, 0.4) is 0 Å². The highest BCUT2D eigenvalue weighted by Crippen LogP contribution is 2.43. The first-order valence-electron chi connectivity index (χ1n) is 5.47. The average Bonchev–Trinajstić information content (AvgIpc) is 2.14. The fraction of sp³-hybridized carbons (Fsp3) is 0.462. The van der Waals surface area contributed by atoms with Gasteiger partial charge in [0.05, 0.1) is 0 Å². The summed E-state index contributed by atoms with van der Waals surface area (Å²) in [5.74, 6) is -0.191. The molecule has 0 fully saturated rings. The van der Waals surface area contributed by atoms with Gasteiger partial charge in [0.25, 0.3) is 0 Å². The molecule has 16 heavy (non-hydrogen) atoms. The Morgan fingerprint density at radius 2 is 2.06 bits per heavy atom. The Bertz CT molecular complexity index is 434. The van der Waals surface area contributed by atoms with Gasteiger partial charge in [-0.15, -0.1) is 0 Å². The van der Waals surface area contributed by atoms with Crippen LogP contribution in [0.2, 0.25) is 0 Å². The molecule has 2 rings (SSSR count). The van der Waals surface area contributed by atoms with E-state index in [4.69, 9.17) is 0 Å². The fourth-order valence-corrected chi connectivity index (χ4v) is 2.21. The molecular weight excluding hydrogens is 205 g/mol. The van der Waals surface area contributed by atoms with Crippen molar-refractivity contribution in [2.75, 3.05) is 5.32 Å². The predicted octanol–water partition coefficient (Wildman–Crippen LogP) is 3.30. The summed E-state index contributed by atoms with van der Waals surface area (Å²) in [4.78, 5) is 11.6. The van der Waals surface area contributed by atoms with Crippen LogP contribution < -0.4 is 5.32 Å². The van der Waals surface area contributed by atoms with Crippen LogP contribution in [0.25, 0.3) is 0 Å². The van der Waals surface area contributed by atoms with E-state index < -0.39 is 0 Å². The first-order chi connectivity index (χ1) is 7.38. The fourth-order valence-electron chi connectivity index (χ4n) is 2.21. The molecule has 1 aromatic rings. The molecule has 1 unspecified atom stereocenters. The van der Waals surface area contributed by atoms with E-state index in [0.717, 1.165) is 5.56 Å². The van der Waals surface area contributed by atoms with E-state index in [0.29, 0.717) is 12.1 Å². The zero-order chi connectivity index (χ0) is 11.9. The van der Waals surface area contributed by atoms with Crippen LogP contribution in [0.5, 0.6) is 0 Å². The summed E-state index contributed by atoms with van der Waals surface area (Å²) in [5, 5.41) is 2.72. The van der Waals surface area contributed by atoms with Gasteiger partial charge in [-0.3, -0.25) is 4.79 Å². The van der Waals surface area contributed by atoms with Crippen molar-refractivity contribution in [3.8, 4) is 0 Å². The van der Waals surface area contributed by atoms with Crippen molar-refractivity contribution in [1.29, 1.82) is 0 Å². The highest BCUT2D eigenvalue weighted by molar-refractivity contribution is 5.94. The number of halogens is 1. The first-order valence-corrected chi connectivity index (χ1v) is 5.47. The zero-order valence-corrected chi connectivity index (χ0v) is 9.80. The molecule has 1 N–H and O–H groups in total. The lowest BCUT2D eigenvalue weighted by Gasteiger charge is -2.35. The van der Waals surface area contributed by atoms with Crippen molar-refractivity contribution >= 4 is 11.6 Å². The van der Waals surface area contributed by atoms with E-state index in [9.17, 15) is 9.18 Å². The summed E-state index contributed by atoms with van der Waals surface area (Å²) in [6, 6.07) is 4.63. The van der Waals surface area contributed by atoms with Crippen LogP contribution in [-0.4, -0.2) is 5.91 Å². The molecule has 0 aromatic heterocycles. The van der Waals surface area contributed by atoms with Crippen LogP contribution in [0.1, 0.15) is 38.7 Å². The molecule has 1 aliphatic heterocycles. The third-order valence-corrected chi connectivity index (χ3v) is 3.10. The molecule has 0 saturated heterocycles. The number of amides is 1. The second-order valence-electron chi connectivity index (χ2n) is 5.40. The molecule has 0 saturated carbocycles. The van der Waals surface area contributed by atoms with Crippen molar-refractivity contribution in [1.82, 2.24) is 0 Å². The Morgan fingerprint density at radius 3 is 2.69 bits per heavy atom. The van der Waals surface area contributed by atoms with Crippen LogP contribution >= 0.6 is 0 Å². The highest BCUT2D eigenvalue weighted by Gasteiger charge is 2.33. The summed E-state index contributed by atoms with van der Waals surface area (Å²) in [6.07, 6.45) is 0.474. The van der Waals surface area contributed by atoms with Crippen molar-refractivity contribution in [3.05, 3.63) is 29.6 Å². The van der Waals surface area contributed by atoms with Gasteiger partial charge < -0.3 is 5.32 Å². The van der Waals surface area contributed by atoms with Crippen molar-refractivity contribution in [2.45, 2.75) is 33.1 Å². The lowest BCUT2D eigenvalue weighted by atomic mass is 9.72. The van der Waals surface area contributed by atoms with Gasteiger partial charge in [-0.2, -0.15) is 0 Å². The Morgan fingerprint density at radius 1 is 1.38 bits per heavy atom. The normalized spacial score (nSPS) is 20.2. The maximum atomic E-state index is 13.1. The van der Waals surface area contributed by atoms with Crippen LogP contribution in [0.15, 0.2) is 18.2 Å². The molecule has 1 aliphatic rings. The number of nitrogens with one attached hydrogen (secondary N) is 1. The lowest BCUT2D eigenvalue weighted by Crippen LogP contribution is -2.30. The molecule has 2 nitrogen and oxygen atoms in total. The van der Waals surface area contributed by atoms with E-state index in [1.165, 1.54) is 12.1 Å². The van der Waals surface area contributed by atoms with Gasteiger partial charge in [0.15, 0.2) is 0 Å². The molecule has 86 valence electrons. The molecule has 3 heteroatoms. The maximum Gasteiger partial charge on any atom is 0.225 e. The van der Waals surface area contributed by atoms with Gasteiger partial charge in [0, 0.05) is 12.1 Å². The van der Waals surface area contributed by atoms with Crippen molar-refractivity contribution < 1.29 is 9.18 Å². The van der Waals surface area contributed by atoms with Gasteiger partial charge in [-0.1, -0.05) is 26.8 Å². The van der Waals surface area contributed by atoms with E-state index in [2.05, 4.69) is 26.1 Å². The average molecular weight is 221 g/mol. The molecule has 0 spiro atoms. The van der Waals surface area contributed by atoms with Crippen molar-refractivity contribution in [3.63, 3.8) is 0 Å². The number of fused-ring (bicyclic) bond motifs is 1. The first kappa shape index (κ1) is 11.1. The topological polar surface area (TPSA) is 29.1 Å². The van der Waals surface area contributed by atoms with Gasteiger partial charge in [0.2, 0.25) is 5.91 Å². The van der Waals surface area contributed by atoms with E-state index in [1.807, 2.05) is 0 Å². The predicted molar refractivity (Wildman–Crippen MR) is 61.8 cm³/mol. The lowest BCUT2D eigenvalue weighted by molar-refractivity contribution is -0.117. The molecule has 1 heterocycles. The number of carbonyl (C=O) groups is 1. The molecule has 1 aromatic carbocycles. The second kappa shape index (κ2) is 3.58. The summed E-state index contributed by atoms with van der Waals surface area (Å²) in [7, 11) is 0. The molecule has 1 amide bonds. The molecule has 0 radical (unpaired) electrons. The standard InChI is InChI=1S/C13H16FNO/c1-13(2,3)10-7-12(16)15-11-6-8(14)4-5-9(10)11/h4-6,10H,7H2,1-3H3,(H,15,16). The number of hydrogen-bond acceptors (Lipinski definition) is 1. The number of carbonyl (C=O) groups excluding carboxylic acids is 1. The van der Waals surface area contributed by atoms with E-state index in [-0.39, 0.29) is 23.1 Å². The molecule has 0 aliphatic carbocycles. The molecule has 1 atom stereocenters. The Balaban J connectivity index is 2.50. The number of rotatable bonds is 0. The minimum Gasteiger partial charge on any atom is -0.326 e. The SMILES string of the molecule is CC(C)(C)C1CC(=O)Nc2cc(F)ccc21. The summed E-state index contributed by atoms with van der Waals surface area (Å²) < 4.78 is 13.1. The maximum absolute atomic E-state index is 13.1. The van der Waals surface area contributed by atoms with Crippen LogP contribution in [-0.2, 0) is 4.79 Å². The summed E-state index contributed by atoms with van der Waals surface area (Å²) >= 11 is 0. The molecular formula is C13H16FNO. The number of hydrogen-bond donors (Lipinski definition) is 1. The van der Waals surface area contributed by atoms with Crippen molar-refractivity contribution in [2.24, 2.45) is 5.41 Å². The largest absolute Gasteiger partial charge is 0.326 e. The zero-order valence-electron chi connectivity index (χ0n) is 9.80. The van der Waals surface area contributed by atoms with Gasteiger partial charge in [-0.05, 0) is 29.0 Å². The Labute approximate surface area is 94.9 Å². The van der Waals surface area contributed by atoms with Gasteiger partial charge in [0.1, 0.15) is 5.82 Å². The van der Waals surface area contributed by atoms with E-state index in [1.54, 1.807) is 6.07 Å². The minimum atomic E-state index is -0.311. The van der Waals surface area contributed by atoms with Gasteiger partial charge in [-0.25, -0.2) is 4.39 Å². The van der Waals surface area contributed by atoms with Gasteiger partial charge >= 0.3 is 0 Å². The molecule has 0 bridgehead atoms.